The third kappa shape index (κ3) is 4.09. The van der Waals surface area contributed by atoms with Crippen LogP contribution in [0.2, 0.25) is 0 Å². The first kappa shape index (κ1) is 18.2. The van der Waals surface area contributed by atoms with Gasteiger partial charge in [0.15, 0.2) is 0 Å². The first-order valence-electron chi connectivity index (χ1n) is 6.67. The Kier molecular flexibility index (Phi) is 5.76. The van der Waals surface area contributed by atoms with Crippen LogP contribution in [0.4, 0.5) is 13.2 Å². The van der Waals surface area contributed by atoms with Gasteiger partial charge in [-0.15, -0.1) is 0 Å². The van der Waals surface area contributed by atoms with Crippen LogP contribution in [-0.2, 0) is 17.5 Å². The maximum Gasteiger partial charge on any atom is 0.423 e. The molecule has 0 aromatic carbocycles. The van der Waals surface area contributed by atoms with Crippen LogP contribution in [0.25, 0.3) is 0 Å². The summed E-state index contributed by atoms with van der Waals surface area (Å²) in [5.74, 6) is 0. The molecule has 0 N–H and O–H groups in total. The highest BCUT2D eigenvalue weighted by molar-refractivity contribution is 5.11. The number of nitrogens with zero attached hydrogens (tertiary/aromatic N) is 2. The van der Waals surface area contributed by atoms with E-state index in [1.165, 1.54) is 13.2 Å². The highest BCUT2D eigenvalue weighted by Gasteiger charge is 2.36. The fraction of sp³-hybridized carbons (Fsp3) is 0.571. The van der Waals surface area contributed by atoms with E-state index in [1.807, 2.05) is 0 Å². The zero-order valence-electron chi connectivity index (χ0n) is 12.9. The molecule has 0 saturated heterocycles. The van der Waals surface area contributed by atoms with Gasteiger partial charge in [-0.25, -0.2) is 4.79 Å². The summed E-state index contributed by atoms with van der Waals surface area (Å²) in [6, 6.07) is -0.496. The fourth-order valence-electron chi connectivity index (χ4n) is 1.88. The minimum atomic E-state index is -4.81. The summed E-state index contributed by atoms with van der Waals surface area (Å²) >= 11 is 0. The van der Waals surface area contributed by atoms with Crippen molar-refractivity contribution >= 4 is 0 Å². The molecule has 8 heteroatoms. The average Bonchev–Trinajstić information content (AvgIpc) is 2.36. The lowest BCUT2D eigenvalue weighted by Crippen LogP contribution is -2.43. The van der Waals surface area contributed by atoms with E-state index >= 15 is 0 Å². The normalized spacial score (nSPS) is 13.0. The van der Waals surface area contributed by atoms with Crippen molar-refractivity contribution in [3.63, 3.8) is 0 Å². The van der Waals surface area contributed by atoms with E-state index in [9.17, 15) is 22.8 Å². The van der Waals surface area contributed by atoms with Crippen molar-refractivity contribution in [3.05, 3.63) is 44.2 Å². The molecule has 0 spiro atoms. The van der Waals surface area contributed by atoms with Crippen molar-refractivity contribution in [1.29, 1.82) is 0 Å². The summed E-state index contributed by atoms with van der Waals surface area (Å²) in [6.45, 7) is 4.88. The summed E-state index contributed by atoms with van der Waals surface area (Å²) in [6.07, 6.45) is -2.73. The summed E-state index contributed by atoms with van der Waals surface area (Å²) in [7, 11) is 1.47. The van der Waals surface area contributed by atoms with Gasteiger partial charge in [-0.05, 0) is 20.8 Å². The van der Waals surface area contributed by atoms with Gasteiger partial charge in [-0.3, -0.25) is 13.9 Å². The predicted octanol–water partition coefficient (Wildman–Crippen LogP) is 2.20. The largest absolute Gasteiger partial charge is 0.423 e. The molecule has 1 rings (SSSR count). The number of hydrogen-bond acceptors (Lipinski definition) is 3. The topological polar surface area (TPSA) is 53.2 Å². The molecule has 0 unspecified atom stereocenters. The third-order valence-corrected chi connectivity index (χ3v) is 3.05. The van der Waals surface area contributed by atoms with Crippen LogP contribution < -0.4 is 11.2 Å². The first-order valence-corrected chi connectivity index (χ1v) is 6.67. The van der Waals surface area contributed by atoms with E-state index < -0.39 is 29.0 Å². The highest BCUT2D eigenvalue weighted by atomic mass is 19.4. The molecule has 0 aliphatic heterocycles. The Labute approximate surface area is 125 Å². The van der Waals surface area contributed by atoms with Gasteiger partial charge in [0.25, 0.3) is 5.56 Å². The lowest BCUT2D eigenvalue weighted by molar-refractivity contribution is -0.139. The van der Waals surface area contributed by atoms with Crippen molar-refractivity contribution in [2.75, 3.05) is 13.7 Å². The SMILES string of the molecule is COC/C(C)=C/Cn1c(=O)c(C(F)(F)F)cn(C(C)C)c1=O. The van der Waals surface area contributed by atoms with Gasteiger partial charge in [0.2, 0.25) is 0 Å². The lowest BCUT2D eigenvalue weighted by atomic mass is 10.2. The Balaban J connectivity index is 3.49. The van der Waals surface area contributed by atoms with Gasteiger partial charge in [0.05, 0.1) is 6.61 Å². The second-order valence-electron chi connectivity index (χ2n) is 5.22. The Morgan fingerprint density at radius 3 is 2.41 bits per heavy atom. The summed E-state index contributed by atoms with van der Waals surface area (Å²) < 4.78 is 45.2. The predicted molar refractivity (Wildman–Crippen MR) is 76.0 cm³/mol. The van der Waals surface area contributed by atoms with Crippen LogP contribution in [0.15, 0.2) is 27.4 Å². The fourth-order valence-corrected chi connectivity index (χ4v) is 1.88. The molecule has 0 aliphatic rings. The quantitative estimate of drug-likeness (QED) is 0.782. The number of rotatable bonds is 5. The maximum absolute atomic E-state index is 13.0. The van der Waals surface area contributed by atoms with Gasteiger partial charge in [0, 0.05) is 25.9 Å². The Morgan fingerprint density at radius 1 is 1.36 bits per heavy atom. The second-order valence-corrected chi connectivity index (χ2v) is 5.22. The molecule has 1 aromatic rings. The molecule has 0 atom stereocenters. The average molecular weight is 320 g/mol. The van der Waals surface area contributed by atoms with Crippen molar-refractivity contribution in [2.45, 2.75) is 39.5 Å². The monoisotopic (exact) mass is 320 g/mol. The molecular weight excluding hydrogens is 301 g/mol. The summed E-state index contributed by atoms with van der Waals surface area (Å²) in [5, 5.41) is 0. The maximum atomic E-state index is 13.0. The van der Waals surface area contributed by atoms with Crippen molar-refractivity contribution in [1.82, 2.24) is 9.13 Å². The Morgan fingerprint density at radius 2 is 1.95 bits per heavy atom. The van der Waals surface area contributed by atoms with Crippen molar-refractivity contribution < 1.29 is 17.9 Å². The number of methoxy groups -OCH3 is 1. The number of hydrogen-bond donors (Lipinski definition) is 0. The summed E-state index contributed by atoms with van der Waals surface area (Å²) in [5.41, 5.74) is -2.74. The summed E-state index contributed by atoms with van der Waals surface area (Å²) in [4.78, 5) is 24.1. The molecular formula is C14H19F3N2O3. The third-order valence-electron chi connectivity index (χ3n) is 3.05. The molecule has 5 nitrogen and oxygen atoms in total. The minimum absolute atomic E-state index is 0.233. The van der Waals surface area contributed by atoms with E-state index in [0.717, 1.165) is 4.57 Å². The number of alkyl halides is 3. The van der Waals surface area contributed by atoms with E-state index in [-0.39, 0.29) is 13.2 Å². The molecule has 1 aromatic heterocycles. The molecule has 0 bridgehead atoms. The van der Waals surface area contributed by atoms with Crippen LogP contribution in [0, 0.1) is 0 Å². The van der Waals surface area contributed by atoms with Crippen molar-refractivity contribution in [2.24, 2.45) is 0 Å². The number of aromatic nitrogens is 2. The van der Waals surface area contributed by atoms with E-state index in [0.29, 0.717) is 16.3 Å². The molecule has 1 heterocycles. The van der Waals surface area contributed by atoms with Crippen LogP contribution in [0.5, 0.6) is 0 Å². The molecule has 0 fully saturated rings. The van der Waals surface area contributed by atoms with Gasteiger partial charge < -0.3 is 4.74 Å². The highest BCUT2D eigenvalue weighted by Crippen LogP contribution is 2.26. The van der Waals surface area contributed by atoms with Crippen LogP contribution in [-0.4, -0.2) is 22.9 Å². The van der Waals surface area contributed by atoms with Crippen LogP contribution in [0.3, 0.4) is 0 Å². The second kappa shape index (κ2) is 6.95. The zero-order valence-corrected chi connectivity index (χ0v) is 12.9. The standard InChI is InChI=1S/C14H19F3N2O3/c1-9(2)19-7-11(14(15,16)17)12(20)18(13(19)21)6-5-10(3)8-22-4/h5,7,9H,6,8H2,1-4H3/b10-5+. The minimum Gasteiger partial charge on any atom is -0.380 e. The van der Waals surface area contributed by atoms with Gasteiger partial charge in [0.1, 0.15) is 5.56 Å². The van der Waals surface area contributed by atoms with Gasteiger partial charge >= 0.3 is 11.9 Å². The molecule has 22 heavy (non-hydrogen) atoms. The molecule has 0 amide bonds. The number of allylic oxidation sites excluding steroid dienone is 1. The van der Waals surface area contributed by atoms with Gasteiger partial charge in [-0.2, -0.15) is 13.2 Å². The Bertz CT molecular complexity index is 669. The van der Waals surface area contributed by atoms with E-state index in [1.54, 1.807) is 20.8 Å². The van der Waals surface area contributed by atoms with Gasteiger partial charge in [-0.1, -0.05) is 11.6 Å². The molecule has 0 saturated carbocycles. The lowest BCUT2D eigenvalue weighted by Gasteiger charge is -2.16. The number of halogens is 3. The number of ether oxygens (including phenoxy) is 1. The van der Waals surface area contributed by atoms with Crippen LogP contribution >= 0.6 is 0 Å². The molecule has 0 radical (unpaired) electrons. The van der Waals surface area contributed by atoms with E-state index in [2.05, 4.69) is 0 Å². The molecule has 124 valence electrons. The van der Waals surface area contributed by atoms with E-state index in [4.69, 9.17) is 4.74 Å². The molecule has 0 aliphatic carbocycles. The first-order chi connectivity index (χ1) is 10.1. The van der Waals surface area contributed by atoms with Crippen LogP contribution in [0.1, 0.15) is 32.4 Å². The zero-order chi connectivity index (χ0) is 17.1. The Hall–Kier alpha value is -1.83. The smallest absolute Gasteiger partial charge is 0.380 e. The van der Waals surface area contributed by atoms with Crippen molar-refractivity contribution in [3.8, 4) is 0 Å².